The molecule has 0 unspecified atom stereocenters. The monoisotopic (exact) mass is 318 g/mol. The van der Waals surface area contributed by atoms with Crippen LogP contribution in [0.4, 0.5) is 10.5 Å². The number of aliphatic carboxylic acids is 1. The first-order chi connectivity index (χ1) is 11.2. The van der Waals surface area contributed by atoms with E-state index < -0.39 is 5.97 Å². The van der Waals surface area contributed by atoms with Crippen molar-refractivity contribution in [1.29, 1.82) is 0 Å². The molecule has 1 fully saturated rings. The van der Waals surface area contributed by atoms with E-state index in [0.717, 1.165) is 24.9 Å². The van der Waals surface area contributed by atoms with Gasteiger partial charge in [0.15, 0.2) is 0 Å². The van der Waals surface area contributed by atoms with Gasteiger partial charge in [0.2, 0.25) is 0 Å². The third-order valence-corrected chi connectivity index (χ3v) is 4.56. The maximum atomic E-state index is 13.0. The number of rotatable bonds is 4. The second-order valence-corrected chi connectivity index (χ2v) is 5.99. The van der Waals surface area contributed by atoms with Crippen molar-refractivity contribution in [3.63, 3.8) is 0 Å². The fraction of sp³-hybridized carbons (Fsp3) is 0.529. The standard InChI is InChI=1S/C17H22N2O4/c20-16(21)6-10-18(14-7-11-23-12-8-14)17(22)19-9-5-13-3-1-2-4-15(13)19/h1-4,14H,5-12H2,(H,20,21). The number of carbonyl (C=O) groups is 2. The van der Waals surface area contributed by atoms with Crippen LogP contribution < -0.4 is 4.90 Å². The number of carbonyl (C=O) groups excluding carboxylic acids is 1. The lowest BCUT2D eigenvalue weighted by Gasteiger charge is -2.36. The lowest BCUT2D eigenvalue weighted by atomic mass is 10.1. The number of para-hydroxylation sites is 1. The number of hydrogen-bond acceptors (Lipinski definition) is 3. The van der Waals surface area contributed by atoms with Gasteiger partial charge >= 0.3 is 12.0 Å². The van der Waals surface area contributed by atoms with Gasteiger partial charge in [0.05, 0.1) is 6.42 Å². The van der Waals surface area contributed by atoms with Crippen molar-refractivity contribution >= 4 is 17.7 Å². The number of carboxylic acid groups (broad SMARTS) is 1. The Morgan fingerprint density at radius 1 is 1.26 bits per heavy atom. The van der Waals surface area contributed by atoms with Crippen molar-refractivity contribution in [2.24, 2.45) is 0 Å². The number of ether oxygens (including phenoxy) is 1. The number of amides is 2. The molecule has 2 amide bonds. The molecule has 0 bridgehead atoms. The molecule has 0 aliphatic carbocycles. The summed E-state index contributed by atoms with van der Waals surface area (Å²) in [5.74, 6) is -0.878. The summed E-state index contributed by atoms with van der Waals surface area (Å²) in [4.78, 5) is 27.5. The number of anilines is 1. The molecule has 2 heterocycles. The third kappa shape index (κ3) is 3.47. The van der Waals surface area contributed by atoms with Crippen LogP contribution in [-0.4, -0.2) is 54.4 Å². The van der Waals surface area contributed by atoms with Crippen LogP contribution in [-0.2, 0) is 16.0 Å². The van der Waals surface area contributed by atoms with Gasteiger partial charge in [-0.25, -0.2) is 4.79 Å². The summed E-state index contributed by atoms with van der Waals surface area (Å²) in [6.07, 6.45) is 2.35. The van der Waals surface area contributed by atoms with Crippen LogP contribution in [0.3, 0.4) is 0 Å². The third-order valence-electron chi connectivity index (χ3n) is 4.56. The SMILES string of the molecule is O=C(O)CCN(C(=O)N1CCc2ccccc21)C1CCOCC1. The predicted octanol–water partition coefficient (Wildman–Crippen LogP) is 2.12. The Morgan fingerprint density at radius 2 is 2.00 bits per heavy atom. The van der Waals surface area contributed by atoms with E-state index >= 15 is 0 Å². The smallest absolute Gasteiger partial charge is 0.324 e. The van der Waals surface area contributed by atoms with Gasteiger partial charge < -0.3 is 14.7 Å². The van der Waals surface area contributed by atoms with Gasteiger partial charge in [-0.3, -0.25) is 9.69 Å². The molecule has 1 N–H and O–H groups in total. The lowest BCUT2D eigenvalue weighted by Crippen LogP contribution is -2.50. The minimum Gasteiger partial charge on any atom is -0.481 e. The van der Waals surface area contributed by atoms with Gasteiger partial charge in [0.25, 0.3) is 0 Å². The minimum absolute atomic E-state index is 0.0292. The van der Waals surface area contributed by atoms with Crippen molar-refractivity contribution in [3.05, 3.63) is 29.8 Å². The molecule has 23 heavy (non-hydrogen) atoms. The van der Waals surface area contributed by atoms with Crippen molar-refractivity contribution in [2.45, 2.75) is 31.7 Å². The zero-order valence-corrected chi connectivity index (χ0v) is 13.1. The summed E-state index contributed by atoms with van der Waals surface area (Å²) in [5.41, 5.74) is 2.12. The summed E-state index contributed by atoms with van der Waals surface area (Å²) >= 11 is 0. The van der Waals surface area contributed by atoms with Crippen LogP contribution in [0.5, 0.6) is 0 Å². The molecule has 1 aromatic rings. The predicted molar refractivity (Wildman–Crippen MR) is 85.7 cm³/mol. The molecule has 124 valence electrons. The first-order valence-corrected chi connectivity index (χ1v) is 8.12. The highest BCUT2D eigenvalue weighted by Gasteiger charge is 2.32. The number of fused-ring (bicyclic) bond motifs is 1. The first-order valence-electron chi connectivity index (χ1n) is 8.12. The summed E-state index contributed by atoms with van der Waals surface area (Å²) in [7, 11) is 0. The largest absolute Gasteiger partial charge is 0.481 e. The molecule has 2 aliphatic rings. The topological polar surface area (TPSA) is 70.1 Å². The zero-order valence-electron chi connectivity index (χ0n) is 13.1. The van der Waals surface area contributed by atoms with Crippen molar-refractivity contribution in [2.75, 3.05) is 31.2 Å². The first kappa shape index (κ1) is 15.8. The second kappa shape index (κ2) is 7.00. The number of hydrogen-bond donors (Lipinski definition) is 1. The van der Waals surface area contributed by atoms with Crippen molar-refractivity contribution in [3.8, 4) is 0 Å². The summed E-state index contributed by atoms with van der Waals surface area (Å²) in [6, 6.07) is 7.89. The van der Waals surface area contributed by atoms with E-state index in [-0.39, 0.29) is 25.0 Å². The van der Waals surface area contributed by atoms with Crippen LogP contribution in [0.1, 0.15) is 24.8 Å². The van der Waals surface area contributed by atoms with E-state index in [1.54, 1.807) is 9.80 Å². The second-order valence-electron chi connectivity index (χ2n) is 5.99. The summed E-state index contributed by atoms with van der Waals surface area (Å²) in [5, 5.41) is 8.99. The Hall–Kier alpha value is -2.08. The molecule has 0 saturated carbocycles. The van der Waals surface area contributed by atoms with E-state index in [1.807, 2.05) is 24.3 Å². The maximum absolute atomic E-state index is 13.0. The molecular weight excluding hydrogens is 296 g/mol. The van der Waals surface area contributed by atoms with Crippen molar-refractivity contribution < 1.29 is 19.4 Å². The molecule has 6 nitrogen and oxygen atoms in total. The normalized spacial score (nSPS) is 17.8. The van der Waals surface area contributed by atoms with E-state index in [2.05, 4.69) is 0 Å². The van der Waals surface area contributed by atoms with E-state index in [1.165, 1.54) is 5.56 Å². The number of nitrogens with zero attached hydrogens (tertiary/aromatic N) is 2. The maximum Gasteiger partial charge on any atom is 0.324 e. The quantitative estimate of drug-likeness (QED) is 0.923. The summed E-state index contributed by atoms with van der Waals surface area (Å²) in [6.45, 7) is 2.15. The van der Waals surface area contributed by atoms with Crippen LogP contribution in [0, 0.1) is 0 Å². The van der Waals surface area contributed by atoms with Crippen molar-refractivity contribution in [1.82, 2.24) is 4.90 Å². The molecule has 1 aromatic carbocycles. The molecule has 0 spiro atoms. The van der Waals surface area contributed by atoms with E-state index in [9.17, 15) is 9.59 Å². The Kier molecular flexibility index (Phi) is 4.81. The Balaban J connectivity index is 1.78. The van der Waals surface area contributed by atoms with E-state index in [0.29, 0.717) is 19.8 Å². The molecule has 1 saturated heterocycles. The fourth-order valence-corrected chi connectivity index (χ4v) is 3.34. The molecule has 3 rings (SSSR count). The van der Waals surface area contributed by atoms with Crippen LogP contribution in [0.25, 0.3) is 0 Å². The molecule has 0 atom stereocenters. The van der Waals surface area contributed by atoms with Gasteiger partial charge in [-0.15, -0.1) is 0 Å². The molecule has 6 heteroatoms. The average molecular weight is 318 g/mol. The Labute approximate surface area is 135 Å². The number of carboxylic acids is 1. The fourth-order valence-electron chi connectivity index (χ4n) is 3.34. The van der Waals surface area contributed by atoms with Gasteiger partial charge in [-0.05, 0) is 30.9 Å². The number of benzene rings is 1. The highest BCUT2D eigenvalue weighted by molar-refractivity contribution is 5.94. The van der Waals surface area contributed by atoms with Gasteiger partial charge in [0.1, 0.15) is 0 Å². The van der Waals surface area contributed by atoms with Gasteiger partial charge in [-0.2, -0.15) is 0 Å². The van der Waals surface area contributed by atoms with Crippen LogP contribution >= 0.6 is 0 Å². The lowest BCUT2D eigenvalue weighted by molar-refractivity contribution is -0.137. The Morgan fingerprint density at radius 3 is 2.74 bits per heavy atom. The highest BCUT2D eigenvalue weighted by Crippen LogP contribution is 2.29. The summed E-state index contributed by atoms with van der Waals surface area (Å²) < 4.78 is 5.37. The molecule has 0 aromatic heterocycles. The van der Waals surface area contributed by atoms with Crippen LogP contribution in [0.15, 0.2) is 24.3 Å². The molecule has 0 radical (unpaired) electrons. The molecular formula is C17H22N2O4. The van der Waals surface area contributed by atoms with E-state index in [4.69, 9.17) is 9.84 Å². The van der Waals surface area contributed by atoms with Crippen LogP contribution in [0.2, 0.25) is 0 Å². The van der Waals surface area contributed by atoms with Gasteiger partial charge in [0, 0.05) is 38.0 Å². The molecule has 2 aliphatic heterocycles. The Bertz CT molecular complexity index is 584. The number of urea groups is 1. The highest BCUT2D eigenvalue weighted by atomic mass is 16.5. The van der Waals surface area contributed by atoms with Gasteiger partial charge in [-0.1, -0.05) is 18.2 Å². The zero-order chi connectivity index (χ0) is 16.2. The average Bonchev–Trinajstić information content (AvgIpc) is 2.99. The minimum atomic E-state index is -0.878.